The molecule has 1 aromatic rings. The van der Waals surface area contributed by atoms with Crippen LogP contribution in [0.25, 0.3) is 0 Å². The number of nitrogens with one attached hydrogen (secondary N) is 1. The number of nitrogens with zero attached hydrogens (tertiary/aromatic N) is 1. The summed E-state index contributed by atoms with van der Waals surface area (Å²) >= 11 is 0. The van der Waals surface area contributed by atoms with Gasteiger partial charge in [-0.15, -0.1) is 0 Å². The normalized spacial score (nSPS) is 20.0. The molecule has 0 aliphatic carbocycles. The van der Waals surface area contributed by atoms with E-state index in [4.69, 9.17) is 5.11 Å². The average Bonchev–Trinajstić information content (AvgIpc) is 2.67. The Kier molecular flexibility index (Phi) is 5.56. The molecule has 116 valence electrons. The fourth-order valence-electron chi connectivity index (χ4n) is 2.85. The van der Waals surface area contributed by atoms with Crippen LogP contribution in [0.1, 0.15) is 43.0 Å². The van der Waals surface area contributed by atoms with Crippen LogP contribution in [0.15, 0.2) is 18.2 Å². The number of aromatic carboxylic acids is 1. The van der Waals surface area contributed by atoms with Crippen molar-refractivity contribution >= 4 is 11.7 Å². The van der Waals surface area contributed by atoms with Crippen LogP contribution in [0, 0.1) is 5.82 Å². The number of benzene rings is 1. The maximum absolute atomic E-state index is 13.4. The lowest BCUT2D eigenvalue weighted by Gasteiger charge is -2.20. The van der Waals surface area contributed by atoms with Crippen molar-refractivity contribution in [3.63, 3.8) is 0 Å². The Morgan fingerprint density at radius 1 is 1.43 bits per heavy atom. The second-order valence-electron chi connectivity index (χ2n) is 5.61. The van der Waals surface area contributed by atoms with Gasteiger partial charge < -0.3 is 15.3 Å². The lowest BCUT2D eigenvalue weighted by Crippen LogP contribution is -2.27. The van der Waals surface area contributed by atoms with E-state index in [0.29, 0.717) is 11.7 Å². The number of hydrogen-bond acceptors (Lipinski definition) is 3. The molecule has 2 rings (SSSR count). The Bertz CT molecular complexity index is 493. The number of carboxylic acid groups (broad SMARTS) is 1. The van der Waals surface area contributed by atoms with Crippen molar-refractivity contribution in [2.24, 2.45) is 0 Å². The van der Waals surface area contributed by atoms with Crippen molar-refractivity contribution in [3.8, 4) is 0 Å². The maximum atomic E-state index is 13.4. The van der Waals surface area contributed by atoms with Crippen molar-refractivity contribution < 1.29 is 14.3 Å². The van der Waals surface area contributed by atoms with Gasteiger partial charge in [0.25, 0.3) is 0 Å². The monoisotopic (exact) mass is 294 g/mol. The van der Waals surface area contributed by atoms with E-state index in [1.54, 1.807) is 6.07 Å². The number of rotatable bonds is 5. The van der Waals surface area contributed by atoms with Crippen molar-refractivity contribution in [2.75, 3.05) is 25.0 Å². The van der Waals surface area contributed by atoms with Crippen LogP contribution < -0.4 is 5.32 Å². The lowest BCUT2D eigenvalue weighted by atomic mass is 10.1. The molecule has 1 aliphatic rings. The van der Waals surface area contributed by atoms with Crippen LogP contribution in [0.3, 0.4) is 0 Å². The van der Waals surface area contributed by atoms with E-state index in [0.717, 1.165) is 45.3 Å². The summed E-state index contributed by atoms with van der Waals surface area (Å²) in [6.07, 6.45) is 4.38. The first-order chi connectivity index (χ1) is 10.1. The van der Waals surface area contributed by atoms with Gasteiger partial charge in [0.2, 0.25) is 0 Å². The molecule has 1 aliphatic heterocycles. The average molecular weight is 294 g/mol. The summed E-state index contributed by atoms with van der Waals surface area (Å²) < 4.78 is 13.4. The third-order valence-corrected chi connectivity index (χ3v) is 3.93. The molecule has 5 heteroatoms. The Morgan fingerprint density at radius 2 is 2.24 bits per heavy atom. The smallest absolute Gasteiger partial charge is 0.338 e. The molecule has 0 spiro atoms. The maximum Gasteiger partial charge on any atom is 0.338 e. The quantitative estimate of drug-likeness (QED) is 0.875. The van der Waals surface area contributed by atoms with Gasteiger partial charge in [-0.3, -0.25) is 0 Å². The van der Waals surface area contributed by atoms with Gasteiger partial charge in [0.1, 0.15) is 5.82 Å². The van der Waals surface area contributed by atoms with Crippen molar-refractivity contribution in [1.29, 1.82) is 0 Å². The lowest BCUT2D eigenvalue weighted by molar-refractivity contribution is 0.0692. The zero-order valence-electron chi connectivity index (χ0n) is 12.4. The summed E-state index contributed by atoms with van der Waals surface area (Å²) in [5.74, 6) is -1.92. The SMILES string of the molecule is CCCN1CCCC(Nc2ccc(F)c(C(=O)O)c2)CC1. The van der Waals surface area contributed by atoms with E-state index in [-0.39, 0.29) is 5.56 Å². The van der Waals surface area contributed by atoms with Gasteiger partial charge in [0.05, 0.1) is 5.56 Å². The zero-order chi connectivity index (χ0) is 15.2. The molecule has 0 bridgehead atoms. The van der Waals surface area contributed by atoms with E-state index < -0.39 is 11.8 Å². The molecule has 0 amide bonds. The van der Waals surface area contributed by atoms with Crippen LogP contribution in [-0.2, 0) is 0 Å². The third-order valence-electron chi connectivity index (χ3n) is 3.93. The topological polar surface area (TPSA) is 52.6 Å². The Balaban J connectivity index is 1.98. The van der Waals surface area contributed by atoms with Crippen LogP contribution in [0.2, 0.25) is 0 Å². The van der Waals surface area contributed by atoms with E-state index >= 15 is 0 Å². The van der Waals surface area contributed by atoms with Crippen LogP contribution in [0.5, 0.6) is 0 Å². The highest BCUT2D eigenvalue weighted by Crippen LogP contribution is 2.20. The number of anilines is 1. The molecule has 1 heterocycles. The highest BCUT2D eigenvalue weighted by atomic mass is 19.1. The molecule has 21 heavy (non-hydrogen) atoms. The fraction of sp³-hybridized carbons (Fsp3) is 0.562. The Labute approximate surface area is 125 Å². The Hall–Kier alpha value is -1.62. The van der Waals surface area contributed by atoms with Gasteiger partial charge in [-0.1, -0.05) is 6.92 Å². The first-order valence-corrected chi connectivity index (χ1v) is 7.62. The summed E-state index contributed by atoms with van der Waals surface area (Å²) in [7, 11) is 0. The number of carbonyl (C=O) groups is 1. The molecule has 2 N–H and O–H groups in total. The van der Waals surface area contributed by atoms with E-state index in [2.05, 4.69) is 17.1 Å². The van der Waals surface area contributed by atoms with Crippen LogP contribution in [-0.4, -0.2) is 41.7 Å². The Morgan fingerprint density at radius 3 is 2.95 bits per heavy atom. The molecule has 1 saturated heterocycles. The minimum atomic E-state index is -1.23. The summed E-state index contributed by atoms with van der Waals surface area (Å²) in [5.41, 5.74) is 0.406. The highest BCUT2D eigenvalue weighted by molar-refractivity contribution is 5.89. The summed E-state index contributed by atoms with van der Waals surface area (Å²) in [5, 5.41) is 12.3. The molecule has 0 saturated carbocycles. The van der Waals surface area contributed by atoms with E-state index in [9.17, 15) is 9.18 Å². The van der Waals surface area contributed by atoms with Gasteiger partial charge in [0, 0.05) is 18.3 Å². The molecule has 1 unspecified atom stereocenters. The number of carboxylic acids is 1. The van der Waals surface area contributed by atoms with Crippen molar-refractivity contribution in [3.05, 3.63) is 29.6 Å². The van der Waals surface area contributed by atoms with Gasteiger partial charge in [-0.25, -0.2) is 9.18 Å². The van der Waals surface area contributed by atoms with Crippen molar-refractivity contribution in [1.82, 2.24) is 4.90 Å². The first kappa shape index (κ1) is 15.8. The number of hydrogen-bond donors (Lipinski definition) is 2. The van der Waals surface area contributed by atoms with Crippen LogP contribution in [0.4, 0.5) is 10.1 Å². The van der Waals surface area contributed by atoms with Gasteiger partial charge in [-0.2, -0.15) is 0 Å². The summed E-state index contributed by atoms with van der Waals surface area (Å²) in [6, 6.07) is 4.52. The number of likely N-dealkylation sites (tertiary alicyclic amines) is 1. The van der Waals surface area contributed by atoms with E-state index in [1.807, 2.05) is 0 Å². The minimum absolute atomic E-state index is 0.277. The number of halogens is 1. The largest absolute Gasteiger partial charge is 0.478 e. The minimum Gasteiger partial charge on any atom is -0.478 e. The third kappa shape index (κ3) is 4.43. The van der Waals surface area contributed by atoms with Crippen molar-refractivity contribution in [2.45, 2.75) is 38.6 Å². The summed E-state index contributed by atoms with van der Waals surface area (Å²) in [6.45, 7) is 5.49. The van der Waals surface area contributed by atoms with Gasteiger partial charge in [0.15, 0.2) is 0 Å². The fourth-order valence-corrected chi connectivity index (χ4v) is 2.85. The molecule has 4 nitrogen and oxygen atoms in total. The van der Waals surface area contributed by atoms with E-state index in [1.165, 1.54) is 12.1 Å². The predicted octanol–water partition coefficient (Wildman–Crippen LogP) is 3.20. The molecule has 1 atom stereocenters. The second kappa shape index (κ2) is 7.41. The molecule has 0 aromatic heterocycles. The van der Waals surface area contributed by atoms with Gasteiger partial charge in [-0.05, 0) is 57.0 Å². The highest BCUT2D eigenvalue weighted by Gasteiger charge is 2.17. The van der Waals surface area contributed by atoms with Gasteiger partial charge >= 0.3 is 5.97 Å². The first-order valence-electron chi connectivity index (χ1n) is 7.62. The molecule has 1 fully saturated rings. The summed E-state index contributed by atoms with van der Waals surface area (Å²) in [4.78, 5) is 13.4. The predicted molar refractivity (Wildman–Crippen MR) is 81.4 cm³/mol. The standard InChI is InChI=1S/C16H23FN2O2/c1-2-8-19-9-3-4-12(7-10-19)18-13-5-6-15(17)14(11-13)16(20)21/h5-6,11-12,18H,2-4,7-10H2,1H3,(H,20,21). The molecular weight excluding hydrogens is 271 g/mol. The zero-order valence-corrected chi connectivity index (χ0v) is 12.4. The molecular formula is C16H23FN2O2. The molecule has 1 aromatic carbocycles. The second-order valence-corrected chi connectivity index (χ2v) is 5.61. The van der Waals surface area contributed by atoms with Crippen LogP contribution >= 0.6 is 0 Å². The molecule has 0 radical (unpaired) electrons.